The molecular formula is C20H27ClN6OS. The average Bonchev–Trinajstić information content (AvgIpc) is 3.29. The Labute approximate surface area is 180 Å². The van der Waals surface area contributed by atoms with Crippen molar-refractivity contribution in [3.05, 3.63) is 45.7 Å². The first-order valence-corrected chi connectivity index (χ1v) is 10.9. The van der Waals surface area contributed by atoms with E-state index in [1.807, 2.05) is 38.4 Å². The molecule has 0 radical (unpaired) electrons. The molecule has 7 nitrogen and oxygen atoms in total. The fraction of sp³-hybridized carbons (Fsp3) is 0.450. The van der Waals surface area contributed by atoms with Crippen LogP contribution in [0.2, 0.25) is 5.02 Å². The fourth-order valence-corrected chi connectivity index (χ4v) is 4.75. The van der Waals surface area contributed by atoms with E-state index in [2.05, 4.69) is 39.7 Å². The van der Waals surface area contributed by atoms with Gasteiger partial charge in [0.15, 0.2) is 5.13 Å². The first-order chi connectivity index (χ1) is 14.0. The predicted octanol–water partition coefficient (Wildman–Crippen LogP) is 2.72. The quantitative estimate of drug-likeness (QED) is 0.552. The van der Waals surface area contributed by atoms with Crippen molar-refractivity contribution in [3.63, 3.8) is 0 Å². The smallest absolute Gasteiger partial charge is 0.183 e. The number of benzene rings is 1. The molecule has 2 atom stereocenters. The number of aryl methyl sites for hydroxylation is 1. The molecule has 0 aliphatic carbocycles. The Kier molecular flexibility index (Phi) is 5.87. The number of aromatic nitrogens is 1. The minimum atomic E-state index is 0.0962. The summed E-state index contributed by atoms with van der Waals surface area (Å²) in [6.45, 7) is 4.62. The van der Waals surface area contributed by atoms with Crippen molar-refractivity contribution in [2.75, 3.05) is 46.2 Å². The molecule has 0 bridgehead atoms. The van der Waals surface area contributed by atoms with E-state index in [9.17, 15) is 0 Å². The third-order valence-electron chi connectivity index (χ3n) is 5.20. The van der Waals surface area contributed by atoms with Gasteiger partial charge in [-0.25, -0.2) is 4.98 Å². The van der Waals surface area contributed by atoms with Gasteiger partial charge in [-0.1, -0.05) is 23.7 Å². The van der Waals surface area contributed by atoms with E-state index in [1.54, 1.807) is 11.3 Å². The van der Waals surface area contributed by atoms with Crippen LogP contribution in [0.3, 0.4) is 0 Å². The van der Waals surface area contributed by atoms with Crippen LogP contribution in [0.5, 0.6) is 0 Å². The normalized spacial score (nSPS) is 21.1. The van der Waals surface area contributed by atoms with Gasteiger partial charge in [-0.3, -0.25) is 5.32 Å². The summed E-state index contributed by atoms with van der Waals surface area (Å²) in [4.78, 5) is 10.6. The maximum atomic E-state index is 6.00. The Morgan fingerprint density at radius 1 is 1.28 bits per heavy atom. The van der Waals surface area contributed by atoms with Crippen molar-refractivity contribution in [2.24, 2.45) is 0 Å². The number of hydrogen-bond acceptors (Lipinski definition) is 8. The Bertz CT molecular complexity index is 899. The molecule has 4 rings (SSSR count). The Hall–Kier alpha value is -2.00. The minimum absolute atomic E-state index is 0.0962. The summed E-state index contributed by atoms with van der Waals surface area (Å²) < 4.78 is 5.78. The number of hydrogen-bond donors (Lipinski definition) is 3. The number of anilines is 1. The summed E-state index contributed by atoms with van der Waals surface area (Å²) in [5.74, 6) is 1.13. The Balaban J connectivity index is 1.39. The lowest BCUT2D eigenvalue weighted by Gasteiger charge is -2.21. The molecular weight excluding hydrogens is 408 g/mol. The van der Waals surface area contributed by atoms with Crippen molar-refractivity contribution in [1.82, 2.24) is 25.4 Å². The van der Waals surface area contributed by atoms with Crippen LogP contribution in [-0.2, 0) is 4.74 Å². The summed E-state index contributed by atoms with van der Waals surface area (Å²) in [7, 11) is 5.98. The molecule has 2 aliphatic heterocycles. The molecule has 29 heavy (non-hydrogen) atoms. The molecule has 1 aromatic carbocycles. The second kappa shape index (κ2) is 8.39. The Morgan fingerprint density at radius 3 is 2.69 bits per heavy atom. The van der Waals surface area contributed by atoms with Gasteiger partial charge >= 0.3 is 0 Å². The molecule has 3 heterocycles. The molecule has 2 aliphatic rings. The van der Waals surface area contributed by atoms with Crippen molar-refractivity contribution in [3.8, 4) is 11.3 Å². The summed E-state index contributed by atoms with van der Waals surface area (Å²) in [6, 6.07) is 7.83. The van der Waals surface area contributed by atoms with E-state index in [-0.39, 0.29) is 12.3 Å². The van der Waals surface area contributed by atoms with E-state index < -0.39 is 0 Å². The highest BCUT2D eigenvalue weighted by molar-refractivity contribution is 7.16. The molecule has 2 unspecified atom stereocenters. The van der Waals surface area contributed by atoms with E-state index in [0.29, 0.717) is 0 Å². The van der Waals surface area contributed by atoms with Gasteiger partial charge in [0.05, 0.1) is 18.1 Å². The zero-order chi connectivity index (χ0) is 20.5. The van der Waals surface area contributed by atoms with E-state index in [0.717, 1.165) is 47.0 Å². The molecule has 0 saturated carbocycles. The second-order valence-corrected chi connectivity index (χ2v) is 8.85. The molecule has 0 spiro atoms. The molecule has 1 fully saturated rings. The zero-order valence-corrected chi connectivity index (χ0v) is 18.7. The van der Waals surface area contributed by atoms with E-state index >= 15 is 0 Å². The van der Waals surface area contributed by atoms with Gasteiger partial charge in [0.25, 0.3) is 0 Å². The van der Waals surface area contributed by atoms with Crippen LogP contribution in [0, 0.1) is 6.92 Å². The van der Waals surface area contributed by atoms with Crippen molar-refractivity contribution >= 4 is 28.1 Å². The van der Waals surface area contributed by atoms with Gasteiger partial charge in [-0.05, 0) is 26.1 Å². The van der Waals surface area contributed by atoms with Crippen LogP contribution >= 0.6 is 22.9 Å². The highest BCUT2D eigenvalue weighted by Gasteiger charge is 2.47. The molecule has 1 saturated heterocycles. The third kappa shape index (κ3) is 4.16. The molecule has 0 amide bonds. The van der Waals surface area contributed by atoms with Crippen molar-refractivity contribution in [2.45, 2.75) is 19.3 Å². The Morgan fingerprint density at radius 2 is 2.03 bits per heavy atom. The second-order valence-electron chi connectivity index (χ2n) is 7.21. The fourth-order valence-electron chi connectivity index (χ4n) is 3.76. The lowest BCUT2D eigenvalue weighted by molar-refractivity contribution is 0.265. The van der Waals surface area contributed by atoms with Crippen LogP contribution < -0.4 is 16.0 Å². The maximum Gasteiger partial charge on any atom is 0.183 e. The van der Waals surface area contributed by atoms with Gasteiger partial charge in [-0.2, -0.15) is 0 Å². The van der Waals surface area contributed by atoms with Gasteiger partial charge in [0, 0.05) is 42.6 Å². The maximum absolute atomic E-state index is 6.00. The number of epoxide rings is 1. The number of rotatable bonds is 8. The molecule has 3 N–H and O–H groups in total. The predicted molar refractivity (Wildman–Crippen MR) is 119 cm³/mol. The lowest BCUT2D eigenvalue weighted by atomic mass is 10.1. The number of nitrogens with zero attached hydrogens (tertiary/aromatic N) is 3. The number of thiazole rings is 1. The monoisotopic (exact) mass is 434 g/mol. The van der Waals surface area contributed by atoms with E-state index in [4.69, 9.17) is 21.3 Å². The van der Waals surface area contributed by atoms with Crippen LogP contribution in [0.15, 0.2) is 35.8 Å². The van der Waals surface area contributed by atoms with E-state index in [1.165, 1.54) is 10.6 Å². The molecule has 2 aromatic rings. The highest BCUT2D eigenvalue weighted by atomic mass is 35.5. The number of likely N-dealkylation sites (N-methyl/N-ethyl adjacent to an activating group) is 1. The summed E-state index contributed by atoms with van der Waals surface area (Å²) >= 11 is 7.69. The summed E-state index contributed by atoms with van der Waals surface area (Å²) in [6.07, 6.45) is 0.199. The lowest BCUT2D eigenvalue weighted by Crippen LogP contribution is -2.32. The largest absolute Gasteiger partial charge is 0.373 e. The van der Waals surface area contributed by atoms with Gasteiger partial charge < -0.3 is 25.2 Å². The average molecular weight is 435 g/mol. The van der Waals surface area contributed by atoms with Crippen LogP contribution in [0.1, 0.15) is 4.88 Å². The topological polar surface area (TPSA) is 68.0 Å². The van der Waals surface area contributed by atoms with Crippen molar-refractivity contribution in [1.29, 1.82) is 0 Å². The van der Waals surface area contributed by atoms with Gasteiger partial charge in [0.1, 0.15) is 18.2 Å². The number of nitrogens with one attached hydrogen (secondary N) is 3. The van der Waals surface area contributed by atoms with Gasteiger partial charge in [0.2, 0.25) is 0 Å². The zero-order valence-electron chi connectivity index (χ0n) is 17.1. The van der Waals surface area contributed by atoms with Crippen molar-refractivity contribution < 1.29 is 4.74 Å². The van der Waals surface area contributed by atoms with Crippen LogP contribution in [-0.4, -0.2) is 68.0 Å². The molecule has 1 aromatic heterocycles. The van der Waals surface area contributed by atoms with Crippen LogP contribution in [0.4, 0.5) is 5.13 Å². The summed E-state index contributed by atoms with van der Waals surface area (Å²) in [5, 5.41) is 11.7. The number of ether oxygens (including phenoxy) is 1. The molecule has 9 heteroatoms. The summed E-state index contributed by atoms with van der Waals surface area (Å²) in [5.41, 5.74) is 3.31. The standard InChI is InChI=1S/C20H27ClN6OS/c1-12-15(13-5-7-14(21)8-6-13)25-20(29-12)24-9-10-27-11-26(4)18(22-2)16(27)17-19(23-3)28-17/h5-8,17,19,22-23H,9-11H2,1-4H3,(H,24,25). The first-order valence-electron chi connectivity index (χ1n) is 9.69. The minimum Gasteiger partial charge on any atom is -0.373 e. The van der Waals surface area contributed by atoms with Gasteiger partial charge in [-0.15, -0.1) is 11.3 Å². The van der Waals surface area contributed by atoms with Crippen LogP contribution in [0.25, 0.3) is 11.3 Å². The highest BCUT2D eigenvalue weighted by Crippen LogP contribution is 2.35. The first kappa shape index (κ1) is 20.3. The SMILES string of the molecule is CNC1=C(C2OC2NC)N(CCNc2nc(-c3ccc(Cl)cc3)c(C)s2)CN1C. The molecule has 156 valence electrons. The third-order valence-corrected chi connectivity index (χ3v) is 6.38. The number of halogens is 1.